The van der Waals surface area contributed by atoms with E-state index in [1.165, 1.54) is 0 Å². The Bertz CT molecular complexity index is 296. The molecule has 0 heterocycles. The molecule has 17 heavy (non-hydrogen) atoms. The van der Waals surface area contributed by atoms with Crippen LogP contribution < -0.4 is 0 Å². The van der Waals surface area contributed by atoms with Crippen molar-refractivity contribution in [1.29, 1.82) is 0 Å². The van der Waals surface area contributed by atoms with Gasteiger partial charge in [-0.25, -0.2) is 18.9 Å². The summed E-state index contributed by atoms with van der Waals surface area (Å²) in [4.78, 5) is 30.4. The lowest BCUT2D eigenvalue weighted by molar-refractivity contribution is -0.141. The number of rotatable bonds is 9. The molecule has 0 spiro atoms. The fourth-order valence-electron chi connectivity index (χ4n) is 0.515. The van der Waals surface area contributed by atoms with E-state index in [4.69, 9.17) is 15.3 Å². The summed E-state index contributed by atoms with van der Waals surface area (Å²) in [6.07, 6.45) is 0. The van der Waals surface area contributed by atoms with Gasteiger partial charge in [-0.05, 0) is 0 Å². The highest BCUT2D eigenvalue weighted by atomic mass is 31.2. The van der Waals surface area contributed by atoms with E-state index in [0.29, 0.717) is 0 Å². The van der Waals surface area contributed by atoms with Gasteiger partial charge in [-0.2, -0.15) is 0 Å². The molecule has 11 heteroatoms. The van der Waals surface area contributed by atoms with Crippen molar-refractivity contribution >= 4 is 25.7 Å². The Kier molecular flexibility index (Phi) is 6.36. The van der Waals surface area contributed by atoms with Gasteiger partial charge in [0.1, 0.15) is 0 Å². The Hall–Kier alpha value is -1.48. The molecule has 0 fully saturated rings. The zero-order valence-corrected chi connectivity index (χ0v) is 9.16. The molecule has 0 aromatic carbocycles. The number of carbonyl (C=O) groups is 3. The molecule has 0 atom stereocenters. The van der Waals surface area contributed by atoms with E-state index < -0.39 is 45.6 Å². The van der Waals surface area contributed by atoms with Crippen molar-refractivity contribution in [2.45, 2.75) is 0 Å². The maximum Gasteiger partial charge on any atom is 0.476 e. The molecule has 0 radical (unpaired) electrons. The van der Waals surface area contributed by atoms with Crippen molar-refractivity contribution in [3.63, 3.8) is 0 Å². The predicted octanol–water partition coefficient (Wildman–Crippen LogP) is -0.602. The van der Waals surface area contributed by atoms with Crippen molar-refractivity contribution in [3.8, 4) is 0 Å². The summed E-state index contributed by atoms with van der Waals surface area (Å²) < 4.78 is 24.0. The first-order valence-corrected chi connectivity index (χ1v) is 5.40. The maximum absolute atomic E-state index is 11.5. The summed E-state index contributed by atoms with van der Waals surface area (Å²) in [5, 5.41) is 24.7. The minimum atomic E-state index is -4.52. The van der Waals surface area contributed by atoms with E-state index in [0.717, 1.165) is 0 Å². The van der Waals surface area contributed by atoms with Crippen LogP contribution in [0.5, 0.6) is 0 Å². The van der Waals surface area contributed by atoms with Crippen LogP contribution in [0.2, 0.25) is 0 Å². The molecule has 0 amide bonds. The van der Waals surface area contributed by atoms with Crippen LogP contribution in [0.4, 0.5) is 0 Å². The smallest absolute Gasteiger partial charge is 0.476 e. The number of hydrogen-bond acceptors (Lipinski definition) is 7. The minimum absolute atomic E-state index is 1.09. The number of aliphatic carboxylic acids is 3. The number of phosphoric ester groups is 1. The average Bonchev–Trinajstić information content (AvgIpc) is 2.21. The highest BCUT2D eigenvalue weighted by Crippen LogP contribution is 2.49. The van der Waals surface area contributed by atoms with Gasteiger partial charge in [0.25, 0.3) is 0 Å². The molecule has 0 saturated carbocycles. The third-order valence-electron chi connectivity index (χ3n) is 1.04. The van der Waals surface area contributed by atoms with E-state index in [1.54, 1.807) is 0 Å². The average molecular weight is 272 g/mol. The van der Waals surface area contributed by atoms with Crippen molar-refractivity contribution in [2.75, 3.05) is 19.8 Å². The molecule has 98 valence electrons. The Morgan fingerprint density at radius 1 is 0.765 bits per heavy atom. The number of phosphoric acid groups is 1. The van der Waals surface area contributed by atoms with Crippen molar-refractivity contribution in [2.24, 2.45) is 0 Å². The van der Waals surface area contributed by atoms with Crippen LogP contribution in [0.3, 0.4) is 0 Å². The van der Waals surface area contributed by atoms with Crippen LogP contribution >= 0.6 is 7.82 Å². The summed E-state index contributed by atoms with van der Waals surface area (Å²) in [5.41, 5.74) is 0. The monoisotopic (exact) mass is 272 g/mol. The van der Waals surface area contributed by atoms with Crippen LogP contribution in [0.15, 0.2) is 0 Å². The second-order valence-corrected chi connectivity index (χ2v) is 4.12. The van der Waals surface area contributed by atoms with Gasteiger partial charge in [-0.15, -0.1) is 0 Å². The topological polar surface area (TPSA) is 157 Å². The van der Waals surface area contributed by atoms with Crippen molar-refractivity contribution in [3.05, 3.63) is 0 Å². The van der Waals surface area contributed by atoms with Crippen LogP contribution in [0.1, 0.15) is 0 Å². The number of carboxylic acid groups (broad SMARTS) is 3. The highest BCUT2D eigenvalue weighted by Gasteiger charge is 2.30. The molecule has 0 aliphatic rings. The van der Waals surface area contributed by atoms with Gasteiger partial charge in [-0.1, -0.05) is 0 Å². The van der Waals surface area contributed by atoms with Crippen LogP contribution in [0, 0.1) is 0 Å². The zero-order valence-electron chi connectivity index (χ0n) is 8.27. The maximum atomic E-state index is 11.5. The Balaban J connectivity index is 4.44. The zero-order chi connectivity index (χ0) is 13.5. The quantitative estimate of drug-likeness (QED) is 0.462. The Morgan fingerprint density at radius 3 is 1.18 bits per heavy atom. The van der Waals surface area contributed by atoms with Gasteiger partial charge in [0, 0.05) is 0 Å². The molecule has 10 nitrogen and oxygen atoms in total. The van der Waals surface area contributed by atoms with Crippen LogP contribution in [-0.4, -0.2) is 53.0 Å². The lowest BCUT2D eigenvalue weighted by Gasteiger charge is -2.14. The number of carboxylic acids is 3. The predicted molar refractivity (Wildman–Crippen MR) is 48.4 cm³/mol. The largest absolute Gasteiger partial charge is 0.480 e. The molecular formula is C6H9O10P. The lowest BCUT2D eigenvalue weighted by atomic mass is 10.8. The Morgan fingerprint density at radius 2 is 1.00 bits per heavy atom. The normalized spacial score (nSPS) is 11.1. The molecular weight excluding hydrogens is 263 g/mol. The first-order valence-electron chi connectivity index (χ1n) is 3.94. The summed E-state index contributed by atoms with van der Waals surface area (Å²) in [6, 6.07) is 0. The fourth-order valence-corrected chi connectivity index (χ4v) is 1.54. The van der Waals surface area contributed by atoms with Gasteiger partial charge in [0.15, 0.2) is 19.8 Å². The van der Waals surface area contributed by atoms with Crippen LogP contribution in [-0.2, 0) is 32.5 Å². The van der Waals surface area contributed by atoms with Crippen LogP contribution in [0.25, 0.3) is 0 Å². The fraction of sp³-hybridized carbons (Fsp3) is 0.500. The highest BCUT2D eigenvalue weighted by molar-refractivity contribution is 7.48. The van der Waals surface area contributed by atoms with Crippen molar-refractivity contribution < 1.29 is 47.8 Å². The molecule has 0 rings (SSSR count). The third kappa shape index (κ3) is 8.34. The van der Waals surface area contributed by atoms with E-state index in [1.807, 2.05) is 0 Å². The lowest BCUT2D eigenvalue weighted by Crippen LogP contribution is -2.14. The van der Waals surface area contributed by atoms with Gasteiger partial charge < -0.3 is 15.3 Å². The molecule has 0 aromatic rings. The first-order chi connectivity index (χ1) is 7.75. The van der Waals surface area contributed by atoms with E-state index in [9.17, 15) is 18.9 Å². The van der Waals surface area contributed by atoms with Gasteiger partial charge in [-0.3, -0.25) is 13.6 Å². The second-order valence-electron chi connectivity index (χ2n) is 2.45. The van der Waals surface area contributed by atoms with Crippen molar-refractivity contribution in [1.82, 2.24) is 0 Å². The van der Waals surface area contributed by atoms with E-state index in [-0.39, 0.29) is 0 Å². The van der Waals surface area contributed by atoms with Gasteiger partial charge >= 0.3 is 25.7 Å². The minimum Gasteiger partial charge on any atom is -0.480 e. The van der Waals surface area contributed by atoms with E-state index in [2.05, 4.69) is 13.6 Å². The number of hydrogen-bond donors (Lipinski definition) is 3. The molecule has 0 aliphatic heterocycles. The summed E-state index contributed by atoms with van der Waals surface area (Å²) >= 11 is 0. The van der Waals surface area contributed by atoms with E-state index >= 15 is 0 Å². The first kappa shape index (κ1) is 15.5. The Labute approximate surface area is 94.3 Å². The SMILES string of the molecule is O=C(O)COP(=O)(OCC(=O)O)OCC(=O)O. The summed E-state index contributed by atoms with van der Waals surface area (Å²) in [5.74, 6) is -4.53. The third-order valence-corrected chi connectivity index (χ3v) is 2.37. The molecule has 0 saturated heterocycles. The van der Waals surface area contributed by atoms with Gasteiger partial charge in [0.2, 0.25) is 0 Å². The van der Waals surface area contributed by atoms with Gasteiger partial charge in [0.05, 0.1) is 0 Å². The summed E-state index contributed by atoms with van der Waals surface area (Å²) in [7, 11) is -4.52. The molecule has 3 N–H and O–H groups in total. The molecule has 0 unspecified atom stereocenters. The second kappa shape index (κ2) is 6.97. The summed E-state index contributed by atoms with van der Waals surface area (Å²) in [6.45, 7) is -3.26. The molecule has 0 aliphatic carbocycles. The molecule has 0 aromatic heterocycles. The molecule has 0 bridgehead atoms. The standard InChI is InChI=1S/C6H9O10P/c7-4(8)1-14-17(13,15-2-5(9)10)16-3-6(11)12/h1-3H2,(H,7,8)(H,9,10)(H,11,12).